The molecule has 0 radical (unpaired) electrons. The highest BCUT2D eigenvalue weighted by Gasteiger charge is 2.19. The largest absolute Gasteiger partial charge is 0.482 e. The predicted molar refractivity (Wildman–Crippen MR) is 111 cm³/mol. The van der Waals surface area contributed by atoms with E-state index in [-0.39, 0.29) is 29.1 Å². The Kier molecular flexibility index (Phi) is 6.19. The number of benzene rings is 2. The molecule has 31 heavy (non-hydrogen) atoms. The van der Waals surface area contributed by atoms with Gasteiger partial charge in [0.2, 0.25) is 5.89 Å². The lowest BCUT2D eigenvalue weighted by molar-refractivity contribution is -0.139. The van der Waals surface area contributed by atoms with E-state index >= 15 is 0 Å². The van der Waals surface area contributed by atoms with E-state index in [2.05, 4.69) is 15.5 Å². The number of nitrogens with zero attached hydrogens (tertiary/aromatic N) is 2. The van der Waals surface area contributed by atoms with Crippen LogP contribution in [0.15, 0.2) is 52.1 Å². The van der Waals surface area contributed by atoms with Gasteiger partial charge in [-0.25, -0.2) is 0 Å². The van der Waals surface area contributed by atoms with Crippen molar-refractivity contribution in [1.29, 1.82) is 0 Å². The van der Waals surface area contributed by atoms with Crippen molar-refractivity contribution in [3.8, 4) is 17.2 Å². The van der Waals surface area contributed by atoms with Crippen LogP contribution in [0, 0.1) is 0 Å². The maximum absolute atomic E-state index is 12.3. The summed E-state index contributed by atoms with van der Waals surface area (Å²) >= 11 is 6.85. The van der Waals surface area contributed by atoms with Gasteiger partial charge in [-0.1, -0.05) is 23.4 Å². The molecule has 9 nitrogen and oxygen atoms in total. The van der Waals surface area contributed by atoms with E-state index in [0.717, 1.165) is 11.8 Å². The van der Waals surface area contributed by atoms with Crippen molar-refractivity contribution in [1.82, 2.24) is 10.2 Å². The summed E-state index contributed by atoms with van der Waals surface area (Å²) < 4.78 is 15.8. The van der Waals surface area contributed by atoms with Crippen LogP contribution in [0.4, 0.5) is 5.69 Å². The lowest BCUT2D eigenvalue weighted by Crippen LogP contribution is -2.25. The maximum atomic E-state index is 12.3. The van der Waals surface area contributed by atoms with Gasteiger partial charge in [-0.2, -0.15) is 0 Å². The molecule has 0 bridgehead atoms. The van der Waals surface area contributed by atoms with Gasteiger partial charge in [-0.3, -0.25) is 14.4 Å². The molecule has 158 valence electrons. The number of amides is 1. The SMILES string of the molecule is O=C1COc2ccc(C(=O)COC(=O)CSc3nnc(-c4ccc(Cl)cc4)o3)cc2N1. The number of carbonyl (C=O) groups excluding carboxylic acids is 3. The molecule has 2 aromatic carbocycles. The highest BCUT2D eigenvalue weighted by atomic mass is 35.5. The lowest BCUT2D eigenvalue weighted by atomic mass is 10.1. The normalized spacial score (nSPS) is 12.5. The Labute approximate surface area is 185 Å². The number of ether oxygens (including phenoxy) is 2. The molecule has 0 saturated heterocycles. The molecule has 0 saturated carbocycles. The second-order valence-electron chi connectivity index (χ2n) is 6.30. The van der Waals surface area contributed by atoms with Crippen molar-refractivity contribution in [2.24, 2.45) is 0 Å². The zero-order valence-corrected chi connectivity index (χ0v) is 17.4. The highest BCUT2D eigenvalue weighted by Crippen LogP contribution is 2.28. The van der Waals surface area contributed by atoms with Gasteiger partial charge < -0.3 is 19.2 Å². The first-order valence-electron chi connectivity index (χ1n) is 8.96. The van der Waals surface area contributed by atoms with Crippen LogP contribution in [0.2, 0.25) is 5.02 Å². The van der Waals surface area contributed by atoms with Gasteiger partial charge in [0.15, 0.2) is 19.0 Å². The Morgan fingerprint density at radius 3 is 2.77 bits per heavy atom. The zero-order valence-electron chi connectivity index (χ0n) is 15.8. The number of halogens is 1. The summed E-state index contributed by atoms with van der Waals surface area (Å²) in [6.45, 7) is -0.510. The molecule has 2 heterocycles. The summed E-state index contributed by atoms with van der Waals surface area (Å²) in [7, 11) is 0. The lowest BCUT2D eigenvalue weighted by Gasteiger charge is -2.18. The zero-order chi connectivity index (χ0) is 21.8. The van der Waals surface area contributed by atoms with Crippen molar-refractivity contribution >= 4 is 46.7 Å². The molecule has 4 rings (SSSR count). The van der Waals surface area contributed by atoms with E-state index < -0.39 is 18.4 Å². The van der Waals surface area contributed by atoms with E-state index in [1.165, 1.54) is 12.1 Å². The molecule has 0 atom stereocenters. The number of hydrogen-bond donors (Lipinski definition) is 1. The second-order valence-corrected chi connectivity index (χ2v) is 7.66. The Balaban J connectivity index is 1.27. The third-order valence-electron chi connectivity index (χ3n) is 4.11. The minimum atomic E-state index is -0.612. The summed E-state index contributed by atoms with van der Waals surface area (Å²) in [5.74, 6) is -0.666. The smallest absolute Gasteiger partial charge is 0.316 e. The molecule has 0 spiro atoms. The Morgan fingerprint density at radius 1 is 1.16 bits per heavy atom. The number of esters is 1. The number of carbonyl (C=O) groups is 3. The van der Waals surface area contributed by atoms with Gasteiger partial charge >= 0.3 is 5.97 Å². The van der Waals surface area contributed by atoms with E-state index in [4.69, 9.17) is 25.5 Å². The molecule has 1 N–H and O–H groups in total. The van der Waals surface area contributed by atoms with Crippen molar-refractivity contribution < 1.29 is 28.3 Å². The van der Waals surface area contributed by atoms with Gasteiger partial charge in [0.05, 0.1) is 5.69 Å². The highest BCUT2D eigenvalue weighted by molar-refractivity contribution is 7.99. The van der Waals surface area contributed by atoms with Gasteiger partial charge in [-0.15, -0.1) is 10.2 Å². The number of fused-ring (bicyclic) bond motifs is 1. The molecule has 1 aliphatic heterocycles. The molecule has 0 unspecified atom stereocenters. The van der Waals surface area contributed by atoms with E-state index in [1.807, 2.05) is 0 Å². The van der Waals surface area contributed by atoms with E-state index in [0.29, 0.717) is 27.9 Å². The van der Waals surface area contributed by atoms with Gasteiger partial charge in [0, 0.05) is 16.1 Å². The molecule has 0 aliphatic carbocycles. The fraction of sp³-hybridized carbons (Fsp3) is 0.150. The van der Waals surface area contributed by atoms with Crippen molar-refractivity contribution in [2.75, 3.05) is 24.3 Å². The molecule has 0 fully saturated rings. The van der Waals surface area contributed by atoms with Crippen molar-refractivity contribution in [2.45, 2.75) is 5.22 Å². The number of Topliss-reactive ketones (excluding diaryl/α,β-unsaturated/α-hetero) is 1. The quantitative estimate of drug-likeness (QED) is 0.322. The van der Waals surface area contributed by atoms with Gasteiger partial charge in [0.25, 0.3) is 11.1 Å². The van der Waals surface area contributed by atoms with Crippen LogP contribution >= 0.6 is 23.4 Å². The first-order valence-corrected chi connectivity index (χ1v) is 10.3. The van der Waals surface area contributed by atoms with Gasteiger partial charge in [0.1, 0.15) is 11.5 Å². The fourth-order valence-corrected chi connectivity index (χ4v) is 3.31. The molecule has 1 aromatic heterocycles. The Morgan fingerprint density at radius 2 is 1.97 bits per heavy atom. The predicted octanol–water partition coefficient (Wildman–Crippen LogP) is 3.24. The number of aromatic nitrogens is 2. The number of rotatable bonds is 7. The van der Waals surface area contributed by atoms with E-state index in [9.17, 15) is 14.4 Å². The average molecular weight is 460 g/mol. The molecular formula is C20H14ClN3O6S. The monoisotopic (exact) mass is 459 g/mol. The number of anilines is 1. The van der Waals surface area contributed by atoms with E-state index in [1.54, 1.807) is 30.3 Å². The molecule has 1 aliphatic rings. The van der Waals surface area contributed by atoms with Crippen molar-refractivity contribution in [3.05, 3.63) is 53.1 Å². The topological polar surface area (TPSA) is 121 Å². The summed E-state index contributed by atoms with van der Waals surface area (Å²) in [5.41, 5.74) is 1.38. The minimum absolute atomic E-state index is 0.0726. The van der Waals surface area contributed by atoms with Crippen LogP contribution in [0.5, 0.6) is 5.75 Å². The summed E-state index contributed by atoms with van der Waals surface area (Å²) in [6.07, 6.45) is 0. The standard InChI is InChI=1S/C20H14ClN3O6S/c21-13-4-1-11(2-5-13)19-23-24-20(30-19)31-10-18(27)29-8-15(25)12-3-6-16-14(7-12)22-17(26)9-28-16/h1-7H,8-10H2,(H,22,26). The van der Waals surface area contributed by atoms with Crippen LogP contribution in [0.1, 0.15) is 10.4 Å². The molecule has 3 aromatic rings. The molecular weight excluding hydrogens is 446 g/mol. The van der Waals surface area contributed by atoms with Crippen molar-refractivity contribution in [3.63, 3.8) is 0 Å². The first-order chi connectivity index (χ1) is 15.0. The number of hydrogen-bond acceptors (Lipinski definition) is 9. The molecule has 11 heteroatoms. The summed E-state index contributed by atoms with van der Waals surface area (Å²) in [5, 5.41) is 11.2. The minimum Gasteiger partial charge on any atom is -0.482 e. The number of nitrogens with one attached hydrogen (secondary N) is 1. The summed E-state index contributed by atoms with van der Waals surface area (Å²) in [6, 6.07) is 11.5. The van der Waals surface area contributed by atoms with Gasteiger partial charge in [-0.05, 0) is 42.5 Å². The Bertz CT molecular complexity index is 1150. The van der Waals surface area contributed by atoms with Crippen LogP contribution < -0.4 is 10.1 Å². The third kappa shape index (κ3) is 5.22. The van der Waals surface area contributed by atoms with Crippen LogP contribution in [0.3, 0.4) is 0 Å². The number of thioether (sulfide) groups is 1. The molecule has 1 amide bonds. The van der Waals surface area contributed by atoms with Crippen LogP contribution in [0.25, 0.3) is 11.5 Å². The summed E-state index contributed by atoms with van der Waals surface area (Å²) in [4.78, 5) is 35.6. The maximum Gasteiger partial charge on any atom is 0.316 e. The Hall–Kier alpha value is -3.37. The third-order valence-corrected chi connectivity index (χ3v) is 5.15. The fourth-order valence-electron chi connectivity index (χ4n) is 2.63. The number of ketones is 1. The van der Waals surface area contributed by atoms with Crippen LogP contribution in [-0.2, 0) is 14.3 Å². The van der Waals surface area contributed by atoms with Crippen LogP contribution in [-0.4, -0.2) is 46.8 Å². The second kappa shape index (κ2) is 9.19. The average Bonchev–Trinajstić information content (AvgIpc) is 3.25. The first kappa shape index (κ1) is 20.9.